The molecule has 1 aliphatic rings. The van der Waals surface area contributed by atoms with E-state index >= 15 is 0 Å². The number of aromatic nitrogens is 3. The van der Waals surface area contributed by atoms with Crippen LogP contribution < -0.4 is 16.2 Å². The standard InChI is InChI=1S/C22H24N6O/c1-13-12-28(10-9-27(13)2)14-7-8-17-18(11-14)25-21(24-17)19-20(23)15-5-3-4-6-16(15)26-22(19)29/h3-8,11,13H,9-10,12H2,1-2H3,(H,24,25)(H3,23,26,29). The van der Waals surface area contributed by atoms with Crippen LogP contribution in [0.15, 0.2) is 47.3 Å². The molecule has 0 bridgehead atoms. The summed E-state index contributed by atoms with van der Waals surface area (Å²) in [5.41, 5.74) is 10.5. The van der Waals surface area contributed by atoms with Crippen molar-refractivity contribution in [2.45, 2.75) is 13.0 Å². The van der Waals surface area contributed by atoms with Crippen molar-refractivity contribution in [2.24, 2.45) is 0 Å². The van der Waals surface area contributed by atoms with Gasteiger partial charge < -0.3 is 25.5 Å². The van der Waals surface area contributed by atoms with Gasteiger partial charge in [0.05, 0.1) is 22.2 Å². The topological polar surface area (TPSA) is 94.0 Å². The first-order valence-corrected chi connectivity index (χ1v) is 9.87. The number of hydrogen-bond acceptors (Lipinski definition) is 5. The molecule has 1 fully saturated rings. The molecule has 1 saturated heterocycles. The van der Waals surface area contributed by atoms with Crippen molar-refractivity contribution in [3.05, 3.63) is 52.8 Å². The predicted octanol–water partition coefficient (Wildman–Crippen LogP) is 2.79. The minimum absolute atomic E-state index is 0.242. The molecular weight excluding hydrogens is 364 g/mol. The summed E-state index contributed by atoms with van der Waals surface area (Å²) in [6.07, 6.45) is 0. The maximum atomic E-state index is 12.7. The summed E-state index contributed by atoms with van der Waals surface area (Å²) in [6.45, 7) is 5.26. The molecule has 1 atom stereocenters. The third-order valence-corrected chi connectivity index (χ3v) is 5.99. The molecule has 1 aliphatic heterocycles. The first-order chi connectivity index (χ1) is 14.0. The Hall–Kier alpha value is -3.32. The van der Waals surface area contributed by atoms with Gasteiger partial charge in [-0.1, -0.05) is 18.2 Å². The number of nitrogens with two attached hydrogens (primary N) is 1. The zero-order valence-electron chi connectivity index (χ0n) is 16.6. The highest BCUT2D eigenvalue weighted by atomic mass is 16.1. The van der Waals surface area contributed by atoms with E-state index in [-0.39, 0.29) is 5.56 Å². The highest BCUT2D eigenvalue weighted by Crippen LogP contribution is 2.29. The quantitative estimate of drug-likeness (QED) is 0.491. The van der Waals surface area contributed by atoms with Crippen LogP contribution in [0.4, 0.5) is 11.4 Å². The lowest BCUT2D eigenvalue weighted by Gasteiger charge is -2.39. The van der Waals surface area contributed by atoms with E-state index in [0.717, 1.165) is 47.3 Å². The van der Waals surface area contributed by atoms with Gasteiger partial charge in [-0.2, -0.15) is 0 Å². The zero-order chi connectivity index (χ0) is 20.1. The number of rotatable bonds is 2. The van der Waals surface area contributed by atoms with Crippen LogP contribution >= 0.6 is 0 Å². The lowest BCUT2D eigenvalue weighted by molar-refractivity contribution is 0.234. The minimum atomic E-state index is -0.242. The summed E-state index contributed by atoms with van der Waals surface area (Å²) in [5.74, 6) is 0.494. The normalized spacial score (nSPS) is 18.0. The summed E-state index contributed by atoms with van der Waals surface area (Å²) in [7, 11) is 2.16. The van der Waals surface area contributed by atoms with Gasteiger partial charge in [-0.05, 0) is 38.2 Å². The second kappa shape index (κ2) is 6.63. The van der Waals surface area contributed by atoms with E-state index in [0.29, 0.717) is 23.1 Å². The Labute approximate surface area is 168 Å². The largest absolute Gasteiger partial charge is 0.397 e. The van der Waals surface area contributed by atoms with Gasteiger partial charge in [0.15, 0.2) is 0 Å². The summed E-state index contributed by atoms with van der Waals surface area (Å²) >= 11 is 0. The van der Waals surface area contributed by atoms with E-state index in [9.17, 15) is 4.79 Å². The maximum Gasteiger partial charge on any atom is 0.261 e. The average Bonchev–Trinajstić information content (AvgIpc) is 3.12. The summed E-state index contributed by atoms with van der Waals surface area (Å²) < 4.78 is 0. The smallest absolute Gasteiger partial charge is 0.261 e. The highest BCUT2D eigenvalue weighted by Gasteiger charge is 2.21. The summed E-state index contributed by atoms with van der Waals surface area (Å²) in [5, 5.41) is 0.815. The second-order valence-electron chi connectivity index (χ2n) is 7.85. The van der Waals surface area contributed by atoms with E-state index in [2.05, 4.69) is 50.9 Å². The van der Waals surface area contributed by atoms with Gasteiger partial charge in [0.2, 0.25) is 0 Å². The van der Waals surface area contributed by atoms with Crippen molar-refractivity contribution < 1.29 is 0 Å². The monoisotopic (exact) mass is 388 g/mol. The SMILES string of the molecule is CC1CN(c2ccc3nc(-c4c(N)c5ccccc5[nH]c4=O)[nH]c3c2)CCN1C. The van der Waals surface area contributed by atoms with Crippen LogP contribution in [0.5, 0.6) is 0 Å². The first-order valence-electron chi connectivity index (χ1n) is 9.87. The van der Waals surface area contributed by atoms with Crippen LogP contribution in [0.1, 0.15) is 6.92 Å². The molecule has 4 aromatic rings. The van der Waals surface area contributed by atoms with Crippen LogP contribution in [0.3, 0.4) is 0 Å². The molecule has 5 rings (SSSR count). The van der Waals surface area contributed by atoms with Gasteiger partial charge in [-0.15, -0.1) is 0 Å². The van der Waals surface area contributed by atoms with Crippen molar-refractivity contribution >= 4 is 33.3 Å². The van der Waals surface area contributed by atoms with Crippen LogP contribution in [-0.4, -0.2) is 52.6 Å². The summed E-state index contributed by atoms with van der Waals surface area (Å²) in [6, 6.07) is 14.2. The third-order valence-electron chi connectivity index (χ3n) is 5.99. The van der Waals surface area contributed by atoms with Gasteiger partial charge in [-0.3, -0.25) is 4.79 Å². The molecule has 1 unspecified atom stereocenters. The number of fused-ring (bicyclic) bond motifs is 2. The molecule has 0 radical (unpaired) electrons. The Morgan fingerprint density at radius 2 is 1.93 bits per heavy atom. The Bertz CT molecular complexity index is 1270. The highest BCUT2D eigenvalue weighted by molar-refractivity contribution is 5.97. The number of benzene rings is 2. The molecule has 4 N–H and O–H groups in total. The number of imidazole rings is 1. The molecule has 148 valence electrons. The molecular formula is C22H24N6O. The maximum absolute atomic E-state index is 12.7. The third kappa shape index (κ3) is 2.94. The Kier molecular flexibility index (Phi) is 4.06. The van der Waals surface area contributed by atoms with Crippen molar-refractivity contribution in [2.75, 3.05) is 37.3 Å². The fourth-order valence-corrected chi connectivity index (χ4v) is 4.10. The molecule has 3 heterocycles. The van der Waals surface area contributed by atoms with Crippen LogP contribution in [0.25, 0.3) is 33.3 Å². The van der Waals surface area contributed by atoms with E-state index in [1.165, 1.54) is 0 Å². The van der Waals surface area contributed by atoms with Crippen molar-refractivity contribution in [3.63, 3.8) is 0 Å². The summed E-state index contributed by atoms with van der Waals surface area (Å²) in [4.78, 5) is 28.3. The van der Waals surface area contributed by atoms with E-state index in [4.69, 9.17) is 5.73 Å². The van der Waals surface area contributed by atoms with Crippen molar-refractivity contribution in [1.29, 1.82) is 0 Å². The minimum Gasteiger partial charge on any atom is -0.397 e. The molecule has 0 saturated carbocycles. The number of aromatic amines is 2. The number of H-pyrrole nitrogens is 2. The number of nitrogen functional groups attached to an aromatic ring is 1. The van der Waals surface area contributed by atoms with Gasteiger partial charge in [-0.25, -0.2) is 4.98 Å². The lowest BCUT2D eigenvalue weighted by Crippen LogP contribution is -2.50. The molecule has 0 aliphatic carbocycles. The van der Waals surface area contributed by atoms with E-state index < -0.39 is 0 Å². The van der Waals surface area contributed by atoms with Crippen molar-refractivity contribution in [1.82, 2.24) is 19.9 Å². The number of para-hydroxylation sites is 1. The number of anilines is 2. The average molecular weight is 388 g/mol. The Morgan fingerprint density at radius 3 is 2.76 bits per heavy atom. The molecule has 7 nitrogen and oxygen atoms in total. The number of likely N-dealkylation sites (N-methyl/N-ethyl adjacent to an activating group) is 1. The van der Waals surface area contributed by atoms with Gasteiger partial charge in [0.25, 0.3) is 5.56 Å². The molecule has 2 aromatic heterocycles. The Balaban J connectivity index is 1.58. The molecule has 7 heteroatoms. The fourth-order valence-electron chi connectivity index (χ4n) is 4.10. The number of hydrogen-bond donors (Lipinski definition) is 3. The van der Waals surface area contributed by atoms with Gasteiger partial charge >= 0.3 is 0 Å². The van der Waals surface area contributed by atoms with E-state index in [1.54, 1.807) is 0 Å². The fraction of sp³-hybridized carbons (Fsp3) is 0.273. The predicted molar refractivity (Wildman–Crippen MR) is 118 cm³/mol. The second-order valence-corrected chi connectivity index (χ2v) is 7.85. The molecule has 0 spiro atoms. The van der Waals surface area contributed by atoms with E-state index in [1.807, 2.05) is 30.3 Å². The van der Waals surface area contributed by atoms with Crippen LogP contribution in [0.2, 0.25) is 0 Å². The Morgan fingerprint density at radius 1 is 1.10 bits per heavy atom. The number of nitrogens with one attached hydrogen (secondary N) is 2. The number of pyridine rings is 1. The van der Waals surface area contributed by atoms with Crippen LogP contribution in [-0.2, 0) is 0 Å². The van der Waals surface area contributed by atoms with Gasteiger partial charge in [0, 0.05) is 36.7 Å². The first kappa shape index (κ1) is 17.8. The zero-order valence-corrected chi connectivity index (χ0v) is 16.6. The van der Waals surface area contributed by atoms with Crippen LogP contribution in [0, 0.1) is 0 Å². The molecule has 2 aromatic carbocycles. The lowest BCUT2D eigenvalue weighted by atomic mass is 10.1. The number of nitrogens with zero attached hydrogens (tertiary/aromatic N) is 3. The van der Waals surface area contributed by atoms with Gasteiger partial charge in [0.1, 0.15) is 11.4 Å². The number of piperazine rings is 1. The van der Waals surface area contributed by atoms with Crippen molar-refractivity contribution in [3.8, 4) is 11.4 Å². The molecule has 0 amide bonds. The molecule has 29 heavy (non-hydrogen) atoms.